The number of imidazole rings is 2. The molecule has 0 radical (unpaired) electrons. The van der Waals surface area contributed by atoms with Gasteiger partial charge in [0.15, 0.2) is 35.1 Å². The number of hydrogen-bond donors (Lipinski definition) is 7. The number of aromatic nitrogens is 8. The zero-order valence-corrected chi connectivity index (χ0v) is 24.3. The first kappa shape index (κ1) is 30.2. The van der Waals surface area contributed by atoms with Gasteiger partial charge in [-0.25, -0.2) is 29.1 Å². The van der Waals surface area contributed by atoms with E-state index in [4.69, 9.17) is 44.8 Å². The number of aliphatic hydroxyl groups excluding tert-OH is 1. The maximum atomic E-state index is 13.2. The van der Waals surface area contributed by atoms with Gasteiger partial charge in [0.05, 0.1) is 31.9 Å². The molecule has 4 aromatic rings. The van der Waals surface area contributed by atoms with E-state index in [1.54, 1.807) is 0 Å². The topological polar surface area (TPSA) is 335 Å². The van der Waals surface area contributed by atoms with Gasteiger partial charge in [0.2, 0.25) is 5.95 Å². The Morgan fingerprint density at radius 2 is 1.49 bits per heavy atom. The van der Waals surface area contributed by atoms with Crippen LogP contribution in [-0.2, 0) is 36.7 Å². The standard InChI is InChI=1S/C20H25N11O12P2/c21-8-6-1-38-44(34,35)42-12-7(41-18(11(12)32)30-4-26-9-14(22)24-3-25-15(9)30)2-39-45(36,37)43-13(8)19(40-6)31-5-27-10-16(31)28-20(23)29-17(10)33/h3-8,11-13,18-19,32H,1-2,21H2,(H,34,35)(H,36,37)(H2,22,24,25)(H3,23,28,29,33). The molecule has 0 amide bonds. The zero-order valence-electron chi connectivity index (χ0n) is 22.5. The number of aliphatic hydroxyl groups is 1. The largest absolute Gasteiger partial charge is 0.472 e. The number of nitrogens with zero attached hydrogens (tertiary/aromatic N) is 7. The summed E-state index contributed by atoms with van der Waals surface area (Å²) in [5.74, 6) is -0.208. The lowest BCUT2D eigenvalue weighted by molar-refractivity contribution is -0.0670. The summed E-state index contributed by atoms with van der Waals surface area (Å²) in [6, 6.07) is -1.27. The molecule has 2 bridgehead atoms. The second-order valence-electron chi connectivity index (χ2n) is 10.2. The Labute approximate surface area is 249 Å². The van der Waals surface area contributed by atoms with Crippen molar-refractivity contribution in [2.45, 2.75) is 49.0 Å². The van der Waals surface area contributed by atoms with E-state index in [1.807, 2.05) is 0 Å². The summed E-state index contributed by atoms with van der Waals surface area (Å²) >= 11 is 0. The van der Waals surface area contributed by atoms with Crippen molar-refractivity contribution in [3.8, 4) is 0 Å². The van der Waals surface area contributed by atoms with E-state index in [9.17, 15) is 28.8 Å². The molecule has 242 valence electrons. The first-order valence-electron chi connectivity index (χ1n) is 13.0. The Kier molecular flexibility index (Phi) is 7.27. The number of hydrogen-bond acceptors (Lipinski definition) is 18. The molecule has 3 aliphatic rings. The van der Waals surface area contributed by atoms with Gasteiger partial charge >= 0.3 is 15.6 Å². The van der Waals surface area contributed by atoms with Crippen LogP contribution in [-0.4, -0.2) is 104 Å². The number of anilines is 2. The van der Waals surface area contributed by atoms with Crippen molar-refractivity contribution in [2.24, 2.45) is 5.73 Å². The number of nitrogens with one attached hydrogen (secondary N) is 1. The van der Waals surface area contributed by atoms with E-state index < -0.39 is 83.4 Å². The summed E-state index contributed by atoms with van der Waals surface area (Å²) in [6.45, 7) is -1.49. The maximum Gasteiger partial charge on any atom is 0.472 e. The zero-order chi connectivity index (χ0) is 31.8. The quantitative estimate of drug-likeness (QED) is 0.109. The molecule has 0 aliphatic carbocycles. The molecule has 25 heteroatoms. The third-order valence-corrected chi connectivity index (χ3v) is 9.38. The summed E-state index contributed by atoms with van der Waals surface area (Å²) in [6.07, 6.45) is -6.68. The Morgan fingerprint density at radius 1 is 0.867 bits per heavy atom. The van der Waals surface area contributed by atoms with Crippen LogP contribution < -0.4 is 22.8 Å². The number of ether oxygens (including phenoxy) is 2. The molecule has 3 fully saturated rings. The van der Waals surface area contributed by atoms with E-state index >= 15 is 0 Å². The fraction of sp³-hybridized carbons (Fsp3) is 0.500. The van der Waals surface area contributed by atoms with Crippen LogP contribution >= 0.6 is 15.6 Å². The van der Waals surface area contributed by atoms with Gasteiger partial charge in [-0.05, 0) is 0 Å². The number of H-pyrrole nitrogens is 1. The highest BCUT2D eigenvalue weighted by molar-refractivity contribution is 7.47. The van der Waals surface area contributed by atoms with E-state index in [0.29, 0.717) is 0 Å². The lowest BCUT2D eigenvalue weighted by Crippen LogP contribution is -2.42. The lowest BCUT2D eigenvalue weighted by atomic mass is 10.1. The van der Waals surface area contributed by atoms with Crippen LogP contribution in [0.15, 0.2) is 23.8 Å². The number of phosphoric acid groups is 2. The molecule has 7 rings (SSSR count). The van der Waals surface area contributed by atoms with Crippen molar-refractivity contribution in [3.63, 3.8) is 0 Å². The molecule has 10 N–H and O–H groups in total. The average Bonchev–Trinajstić information content (AvgIpc) is 3.72. The Hall–Kier alpha value is -3.44. The van der Waals surface area contributed by atoms with Crippen molar-refractivity contribution < 1.29 is 51.6 Å². The van der Waals surface area contributed by atoms with E-state index in [0.717, 1.165) is 12.7 Å². The monoisotopic (exact) mass is 673 g/mol. The van der Waals surface area contributed by atoms with Crippen molar-refractivity contribution in [2.75, 3.05) is 24.7 Å². The molecule has 3 aliphatic heterocycles. The molecule has 23 nitrogen and oxygen atoms in total. The Bertz CT molecular complexity index is 1940. The summed E-state index contributed by atoms with van der Waals surface area (Å²) < 4.78 is 61.7. The molecular formula is C20H25N11O12P2. The van der Waals surface area contributed by atoms with Gasteiger partial charge in [0, 0.05) is 0 Å². The molecule has 7 heterocycles. The maximum absolute atomic E-state index is 13.2. The molecule has 0 aromatic carbocycles. The SMILES string of the molecule is Nc1nc2c(ncn2C2OC3COP(=O)(O)OC4C(COP(=O)(O)OC2C3N)OC(n2cnc3c(N)ncnc32)C4O)c(=O)[nH]1. The van der Waals surface area contributed by atoms with Gasteiger partial charge in [-0.1, -0.05) is 0 Å². The van der Waals surface area contributed by atoms with Crippen LogP contribution in [0.2, 0.25) is 0 Å². The van der Waals surface area contributed by atoms with Gasteiger partial charge in [0.1, 0.15) is 42.4 Å². The predicted octanol–water partition coefficient (Wildman–Crippen LogP) is -2.38. The van der Waals surface area contributed by atoms with Crippen LogP contribution in [0.3, 0.4) is 0 Å². The molecular weight excluding hydrogens is 648 g/mol. The normalized spacial score (nSPS) is 37.7. The van der Waals surface area contributed by atoms with Crippen molar-refractivity contribution >= 4 is 49.7 Å². The number of phosphoric ester groups is 2. The van der Waals surface area contributed by atoms with Crippen molar-refractivity contribution in [1.82, 2.24) is 39.0 Å². The highest BCUT2D eigenvalue weighted by Gasteiger charge is 2.53. The fourth-order valence-electron chi connectivity index (χ4n) is 5.35. The van der Waals surface area contributed by atoms with Crippen LogP contribution in [0, 0.1) is 0 Å². The van der Waals surface area contributed by atoms with E-state index in [-0.39, 0.29) is 34.1 Å². The number of nitrogens with two attached hydrogens (primary N) is 3. The molecule has 45 heavy (non-hydrogen) atoms. The minimum absolute atomic E-state index is 0.0445. The smallest absolute Gasteiger partial charge is 0.386 e. The number of nitrogen functional groups attached to an aromatic ring is 2. The minimum Gasteiger partial charge on any atom is -0.386 e. The van der Waals surface area contributed by atoms with Crippen LogP contribution in [0.4, 0.5) is 11.8 Å². The third-order valence-electron chi connectivity index (χ3n) is 7.41. The second-order valence-corrected chi connectivity index (χ2v) is 13.0. The summed E-state index contributed by atoms with van der Waals surface area (Å²) in [7, 11) is -10.0. The number of aromatic amines is 1. The number of rotatable bonds is 2. The van der Waals surface area contributed by atoms with Gasteiger partial charge in [-0.15, -0.1) is 0 Å². The van der Waals surface area contributed by atoms with E-state index in [1.165, 1.54) is 15.5 Å². The highest BCUT2D eigenvalue weighted by Crippen LogP contribution is 2.53. The van der Waals surface area contributed by atoms with Gasteiger partial charge in [0.25, 0.3) is 5.56 Å². The number of fused-ring (bicyclic) bond motifs is 5. The lowest BCUT2D eigenvalue weighted by Gasteiger charge is -2.26. The molecule has 4 aromatic heterocycles. The Morgan fingerprint density at radius 3 is 2.22 bits per heavy atom. The third kappa shape index (κ3) is 5.31. The summed E-state index contributed by atoms with van der Waals surface area (Å²) in [5.41, 5.74) is 17.3. The van der Waals surface area contributed by atoms with Gasteiger partial charge < -0.3 is 41.6 Å². The summed E-state index contributed by atoms with van der Waals surface area (Å²) in [4.78, 5) is 56.0. The van der Waals surface area contributed by atoms with Gasteiger partial charge in [-0.2, -0.15) is 4.98 Å². The van der Waals surface area contributed by atoms with Crippen molar-refractivity contribution in [1.29, 1.82) is 0 Å². The average molecular weight is 673 g/mol. The van der Waals surface area contributed by atoms with Crippen molar-refractivity contribution in [3.05, 3.63) is 29.3 Å². The summed E-state index contributed by atoms with van der Waals surface area (Å²) in [5, 5.41) is 11.1. The first-order chi connectivity index (χ1) is 21.3. The molecule has 3 saturated heterocycles. The fourth-order valence-corrected chi connectivity index (χ4v) is 7.26. The van der Waals surface area contributed by atoms with Gasteiger partial charge in [-0.3, -0.25) is 37.0 Å². The predicted molar refractivity (Wildman–Crippen MR) is 145 cm³/mol. The molecule has 0 saturated carbocycles. The van der Waals surface area contributed by atoms with Crippen LogP contribution in [0.1, 0.15) is 12.5 Å². The minimum atomic E-state index is -5.03. The first-order valence-corrected chi connectivity index (χ1v) is 16.0. The van der Waals surface area contributed by atoms with E-state index in [2.05, 4.69) is 29.9 Å². The van der Waals surface area contributed by atoms with Crippen LogP contribution in [0.5, 0.6) is 0 Å². The molecule has 0 spiro atoms. The molecule has 10 atom stereocenters. The van der Waals surface area contributed by atoms with Crippen LogP contribution in [0.25, 0.3) is 22.3 Å². The Balaban J connectivity index is 1.21. The molecule has 10 unspecified atom stereocenters. The second kappa shape index (κ2) is 10.8. The highest BCUT2D eigenvalue weighted by atomic mass is 31.2.